The summed E-state index contributed by atoms with van der Waals surface area (Å²) in [4.78, 5) is 4.50. The van der Waals surface area contributed by atoms with E-state index in [9.17, 15) is 0 Å². The topological polar surface area (TPSA) is 51.0 Å². The van der Waals surface area contributed by atoms with E-state index in [1.165, 1.54) is 6.42 Å². The first-order valence-corrected chi connectivity index (χ1v) is 6.08. The number of piperidine rings is 1. The average molecular weight is 260 g/mol. The van der Waals surface area contributed by atoms with Gasteiger partial charge in [-0.1, -0.05) is 25.9 Å². The quantitative estimate of drug-likeness (QED) is 0.887. The fraction of sp³-hybridized carbons (Fsp3) is 0.833. The molecule has 4 nitrogen and oxygen atoms in total. The Morgan fingerprint density at radius 3 is 2.76 bits per heavy atom. The molecule has 5 heteroatoms. The van der Waals surface area contributed by atoms with Gasteiger partial charge in [0.15, 0.2) is 5.82 Å². The molecule has 1 aliphatic rings. The summed E-state index contributed by atoms with van der Waals surface area (Å²) in [5.74, 6) is 2.06. The predicted molar refractivity (Wildman–Crippen MR) is 69.5 cm³/mol. The molecule has 0 radical (unpaired) electrons. The lowest BCUT2D eigenvalue weighted by Crippen LogP contribution is -2.28. The normalized spacial score (nSPS) is 21.0. The highest BCUT2D eigenvalue weighted by Gasteiger charge is 2.22. The number of hydrogen-bond acceptors (Lipinski definition) is 4. The van der Waals surface area contributed by atoms with Crippen LogP contribution in [0.1, 0.15) is 51.2 Å². The van der Waals surface area contributed by atoms with E-state index >= 15 is 0 Å². The van der Waals surface area contributed by atoms with Crippen molar-refractivity contribution in [2.24, 2.45) is 5.41 Å². The standard InChI is InChI=1S/C12H21N3O.ClH/c1-12(2,3)7-10-14-11(16-15-10)9-5-4-6-13-8-9;/h9,13H,4-8H2,1-3H3;1H. The zero-order valence-corrected chi connectivity index (χ0v) is 11.6. The molecular weight excluding hydrogens is 238 g/mol. The van der Waals surface area contributed by atoms with Gasteiger partial charge in [-0.15, -0.1) is 12.4 Å². The van der Waals surface area contributed by atoms with Crippen LogP contribution in [-0.2, 0) is 6.42 Å². The maximum absolute atomic E-state index is 5.35. The first kappa shape index (κ1) is 14.5. The van der Waals surface area contributed by atoms with Crippen molar-refractivity contribution in [3.63, 3.8) is 0 Å². The van der Waals surface area contributed by atoms with E-state index < -0.39 is 0 Å². The van der Waals surface area contributed by atoms with Gasteiger partial charge >= 0.3 is 0 Å². The Hall–Kier alpha value is -0.610. The molecule has 0 saturated carbocycles. The van der Waals surface area contributed by atoms with Crippen molar-refractivity contribution in [1.29, 1.82) is 0 Å². The third kappa shape index (κ3) is 4.28. The van der Waals surface area contributed by atoms with Crippen molar-refractivity contribution in [3.8, 4) is 0 Å². The van der Waals surface area contributed by atoms with Gasteiger partial charge in [0.05, 0.1) is 5.92 Å². The van der Waals surface area contributed by atoms with E-state index in [0.29, 0.717) is 5.92 Å². The second-order valence-corrected chi connectivity index (χ2v) is 5.83. The summed E-state index contributed by atoms with van der Waals surface area (Å²) < 4.78 is 5.35. The highest BCUT2D eigenvalue weighted by molar-refractivity contribution is 5.85. The van der Waals surface area contributed by atoms with Gasteiger partial charge in [-0.3, -0.25) is 0 Å². The van der Waals surface area contributed by atoms with Crippen molar-refractivity contribution in [2.75, 3.05) is 13.1 Å². The van der Waals surface area contributed by atoms with E-state index in [1.807, 2.05) is 0 Å². The van der Waals surface area contributed by atoms with E-state index in [0.717, 1.165) is 37.6 Å². The molecule has 0 bridgehead atoms. The summed E-state index contributed by atoms with van der Waals surface area (Å²) in [7, 11) is 0. The maximum atomic E-state index is 5.35. The molecule has 2 heterocycles. The number of halogens is 1. The molecule has 98 valence electrons. The number of nitrogens with zero attached hydrogens (tertiary/aromatic N) is 2. The zero-order chi connectivity index (χ0) is 11.6. The van der Waals surface area contributed by atoms with Crippen molar-refractivity contribution in [2.45, 2.75) is 46.0 Å². The van der Waals surface area contributed by atoms with Crippen LogP contribution in [0.3, 0.4) is 0 Å². The van der Waals surface area contributed by atoms with Gasteiger partial charge in [0.1, 0.15) is 0 Å². The largest absolute Gasteiger partial charge is 0.339 e. The second kappa shape index (κ2) is 5.83. The fourth-order valence-corrected chi connectivity index (χ4v) is 2.04. The van der Waals surface area contributed by atoms with Crippen LogP contribution in [0.5, 0.6) is 0 Å². The molecule has 1 N–H and O–H groups in total. The molecule has 0 amide bonds. The molecule has 1 saturated heterocycles. The van der Waals surface area contributed by atoms with E-state index in [-0.39, 0.29) is 17.8 Å². The van der Waals surface area contributed by atoms with Gasteiger partial charge in [-0.05, 0) is 24.8 Å². The van der Waals surface area contributed by atoms with Crippen molar-refractivity contribution in [3.05, 3.63) is 11.7 Å². The minimum absolute atomic E-state index is 0. The Morgan fingerprint density at radius 1 is 1.41 bits per heavy atom. The highest BCUT2D eigenvalue weighted by atomic mass is 35.5. The maximum Gasteiger partial charge on any atom is 0.231 e. The van der Waals surface area contributed by atoms with Crippen LogP contribution in [0, 0.1) is 5.41 Å². The van der Waals surface area contributed by atoms with Crippen molar-refractivity contribution >= 4 is 12.4 Å². The van der Waals surface area contributed by atoms with Crippen LogP contribution >= 0.6 is 12.4 Å². The SMILES string of the molecule is CC(C)(C)Cc1noc(C2CCCNC2)n1.Cl. The van der Waals surface area contributed by atoms with Gasteiger partial charge < -0.3 is 9.84 Å². The summed E-state index contributed by atoms with van der Waals surface area (Å²) >= 11 is 0. The number of hydrogen-bond donors (Lipinski definition) is 1. The van der Waals surface area contributed by atoms with Crippen molar-refractivity contribution < 1.29 is 4.52 Å². The van der Waals surface area contributed by atoms with E-state index in [2.05, 4.69) is 36.2 Å². The van der Waals surface area contributed by atoms with Gasteiger partial charge in [0.2, 0.25) is 5.89 Å². The summed E-state index contributed by atoms with van der Waals surface area (Å²) in [6.07, 6.45) is 3.22. The molecule has 2 rings (SSSR count). The molecule has 0 aliphatic carbocycles. The molecule has 1 fully saturated rings. The Morgan fingerprint density at radius 2 is 2.18 bits per heavy atom. The number of rotatable bonds is 2. The van der Waals surface area contributed by atoms with Crippen LogP contribution in [0.4, 0.5) is 0 Å². The van der Waals surface area contributed by atoms with Crippen molar-refractivity contribution in [1.82, 2.24) is 15.5 Å². The molecule has 17 heavy (non-hydrogen) atoms. The van der Waals surface area contributed by atoms with Gasteiger partial charge in [0.25, 0.3) is 0 Å². The lowest BCUT2D eigenvalue weighted by Gasteiger charge is -2.18. The van der Waals surface area contributed by atoms with E-state index in [1.54, 1.807) is 0 Å². The lowest BCUT2D eigenvalue weighted by molar-refractivity contribution is 0.315. The summed E-state index contributed by atoms with van der Waals surface area (Å²) in [6.45, 7) is 8.64. The molecule has 1 unspecified atom stereocenters. The molecule has 0 spiro atoms. The smallest absolute Gasteiger partial charge is 0.231 e. The van der Waals surface area contributed by atoms with Crippen LogP contribution in [0.15, 0.2) is 4.52 Å². The Bertz CT molecular complexity index is 340. The molecular formula is C12H22ClN3O. The molecule has 1 aliphatic heterocycles. The summed E-state index contributed by atoms with van der Waals surface area (Å²) in [5, 5.41) is 7.43. The molecule has 1 aromatic rings. The van der Waals surface area contributed by atoms with Gasteiger partial charge in [-0.2, -0.15) is 4.98 Å². The third-order valence-corrected chi connectivity index (χ3v) is 2.82. The third-order valence-electron chi connectivity index (χ3n) is 2.82. The van der Waals surface area contributed by atoms with E-state index in [4.69, 9.17) is 4.52 Å². The zero-order valence-electron chi connectivity index (χ0n) is 10.8. The second-order valence-electron chi connectivity index (χ2n) is 5.83. The van der Waals surface area contributed by atoms with Crippen LogP contribution < -0.4 is 5.32 Å². The molecule has 0 aromatic carbocycles. The highest BCUT2D eigenvalue weighted by Crippen LogP contribution is 2.23. The minimum Gasteiger partial charge on any atom is -0.339 e. The molecule has 1 atom stereocenters. The first-order valence-electron chi connectivity index (χ1n) is 6.08. The Labute approximate surface area is 109 Å². The summed E-state index contributed by atoms with van der Waals surface area (Å²) in [5.41, 5.74) is 0.214. The molecule has 1 aromatic heterocycles. The monoisotopic (exact) mass is 259 g/mol. The van der Waals surface area contributed by atoms with Crippen LogP contribution in [-0.4, -0.2) is 23.2 Å². The average Bonchev–Trinajstić information content (AvgIpc) is 2.65. The van der Waals surface area contributed by atoms with Crippen LogP contribution in [0.2, 0.25) is 0 Å². The predicted octanol–water partition coefficient (Wildman–Crippen LogP) is 2.55. The van der Waals surface area contributed by atoms with Crippen LogP contribution in [0.25, 0.3) is 0 Å². The minimum atomic E-state index is 0. The van der Waals surface area contributed by atoms with Gasteiger partial charge in [-0.25, -0.2) is 0 Å². The number of nitrogens with one attached hydrogen (secondary N) is 1. The first-order chi connectivity index (χ1) is 7.54. The number of aromatic nitrogens is 2. The lowest BCUT2D eigenvalue weighted by atomic mass is 9.92. The summed E-state index contributed by atoms with van der Waals surface area (Å²) in [6, 6.07) is 0. The fourth-order valence-electron chi connectivity index (χ4n) is 2.04. The Balaban J connectivity index is 0.00000144. The Kier molecular flexibility index (Phi) is 4.95. The van der Waals surface area contributed by atoms with Gasteiger partial charge in [0, 0.05) is 13.0 Å².